The number of cyclic esters (lactones) is 1. The van der Waals surface area contributed by atoms with Crippen LogP contribution < -0.4 is 0 Å². The molecule has 1 heterocycles. The van der Waals surface area contributed by atoms with Crippen molar-refractivity contribution in [1.82, 2.24) is 4.90 Å². The first-order valence-corrected chi connectivity index (χ1v) is 11.5. The van der Waals surface area contributed by atoms with Crippen molar-refractivity contribution in [2.75, 3.05) is 6.26 Å². The normalized spacial score (nSPS) is 20.8. The van der Waals surface area contributed by atoms with Gasteiger partial charge in [0.2, 0.25) is 0 Å². The number of aliphatic hydroxyl groups is 1. The fraction of sp³-hybridized carbons (Fsp3) is 0.458. The molecule has 3 atom stereocenters. The molecule has 0 aromatic heterocycles. The topological polar surface area (TPSA) is 49.8 Å². The third-order valence-electron chi connectivity index (χ3n) is 5.70. The predicted octanol–water partition coefficient (Wildman–Crippen LogP) is 5.11. The van der Waals surface area contributed by atoms with Crippen LogP contribution in [0.15, 0.2) is 60.7 Å². The fourth-order valence-corrected chi connectivity index (χ4v) is 5.39. The molecule has 1 saturated heterocycles. The largest absolute Gasteiger partial charge is 0.431 e. The number of rotatable bonds is 7. The monoisotopic (exact) mass is 413 g/mol. The zero-order chi connectivity index (χ0) is 21.2. The number of aliphatic hydroxyl groups excluding tert-OH is 1. The Balaban J connectivity index is 2.23. The molecular weight excluding hydrogens is 382 g/mol. The Hall–Kier alpha value is -1.98. The van der Waals surface area contributed by atoms with E-state index in [1.54, 1.807) is 4.90 Å². The van der Waals surface area contributed by atoms with Crippen LogP contribution in [0.3, 0.4) is 0 Å². The fourth-order valence-electron chi connectivity index (χ4n) is 4.36. The second kappa shape index (κ2) is 8.80. The maximum Gasteiger partial charge on any atom is 0.412 e. The molecule has 4 nitrogen and oxygen atoms in total. The summed E-state index contributed by atoms with van der Waals surface area (Å²) in [7, 11) is 0. The summed E-state index contributed by atoms with van der Waals surface area (Å²) >= 11 is 1.49. The second-order valence-electron chi connectivity index (χ2n) is 8.29. The Morgan fingerprint density at radius 2 is 1.45 bits per heavy atom. The van der Waals surface area contributed by atoms with Crippen molar-refractivity contribution in [3.8, 4) is 0 Å². The smallest absolute Gasteiger partial charge is 0.412 e. The zero-order valence-electron chi connectivity index (χ0n) is 17.8. The van der Waals surface area contributed by atoms with Crippen LogP contribution in [0.4, 0.5) is 4.79 Å². The Labute approximate surface area is 178 Å². The van der Waals surface area contributed by atoms with E-state index in [0.717, 1.165) is 11.1 Å². The molecule has 3 rings (SSSR count). The molecule has 0 aliphatic carbocycles. The van der Waals surface area contributed by atoms with Crippen LogP contribution in [0.1, 0.15) is 38.8 Å². The number of amides is 1. The Kier molecular flexibility index (Phi) is 6.59. The number of hydrogen-bond acceptors (Lipinski definition) is 4. The van der Waals surface area contributed by atoms with Gasteiger partial charge in [-0.15, -0.1) is 11.8 Å². The number of nitrogens with zero attached hydrogens (tertiary/aromatic N) is 1. The minimum Gasteiger partial charge on any atom is -0.431 e. The van der Waals surface area contributed by atoms with Gasteiger partial charge in [-0.1, -0.05) is 88.4 Å². The first kappa shape index (κ1) is 21.7. The maximum atomic E-state index is 13.4. The van der Waals surface area contributed by atoms with E-state index >= 15 is 0 Å². The summed E-state index contributed by atoms with van der Waals surface area (Å²) in [6.45, 7) is 8.17. The molecule has 0 unspecified atom stereocenters. The van der Waals surface area contributed by atoms with Crippen molar-refractivity contribution in [3.05, 3.63) is 71.8 Å². The van der Waals surface area contributed by atoms with E-state index < -0.39 is 11.7 Å². The number of ether oxygens (including phenoxy) is 1. The second-order valence-corrected chi connectivity index (χ2v) is 9.25. The van der Waals surface area contributed by atoms with Crippen LogP contribution in [0.25, 0.3) is 0 Å². The Bertz CT molecular complexity index is 770. The van der Waals surface area contributed by atoms with Gasteiger partial charge in [-0.25, -0.2) is 4.79 Å². The lowest BCUT2D eigenvalue weighted by atomic mass is 9.75. The third kappa shape index (κ3) is 3.78. The number of benzene rings is 2. The molecule has 2 aromatic carbocycles. The summed E-state index contributed by atoms with van der Waals surface area (Å²) in [6.07, 6.45) is 0.906. The average Bonchev–Trinajstić information content (AvgIpc) is 3.04. The van der Waals surface area contributed by atoms with Crippen molar-refractivity contribution >= 4 is 17.9 Å². The number of carbonyl (C=O) groups is 1. The molecule has 1 aliphatic heterocycles. The minimum absolute atomic E-state index is 0.0245. The zero-order valence-corrected chi connectivity index (χ0v) is 18.6. The van der Waals surface area contributed by atoms with Gasteiger partial charge in [0.05, 0.1) is 12.1 Å². The van der Waals surface area contributed by atoms with Gasteiger partial charge in [0, 0.05) is 11.1 Å². The maximum absolute atomic E-state index is 13.4. The van der Waals surface area contributed by atoms with E-state index in [2.05, 4.69) is 13.8 Å². The van der Waals surface area contributed by atoms with Crippen LogP contribution in [-0.4, -0.2) is 39.9 Å². The van der Waals surface area contributed by atoms with Crippen LogP contribution in [0.2, 0.25) is 0 Å². The molecule has 1 fully saturated rings. The van der Waals surface area contributed by atoms with Crippen molar-refractivity contribution in [3.63, 3.8) is 0 Å². The molecule has 1 aliphatic rings. The van der Waals surface area contributed by atoms with Gasteiger partial charge in [0.1, 0.15) is 5.37 Å². The SMILES string of the molecule is CS[C@@H]([C@@H](O)C(C)C)N1C(=O)OC(c2ccccc2)(c2ccccc2)[C@@H]1C(C)C. The minimum atomic E-state index is -0.932. The summed E-state index contributed by atoms with van der Waals surface area (Å²) in [6, 6.07) is 19.7. The van der Waals surface area contributed by atoms with Crippen molar-refractivity contribution in [2.24, 2.45) is 11.8 Å². The standard InChI is InChI=1S/C24H31NO3S/c1-16(2)20(26)22(29-5)25-21(17(3)4)24(28-23(25)27,18-12-8-6-9-13-18)19-14-10-7-11-15-19/h6-17,20-22,26H,1-5H3/t20-,21-,22-/m0/s1. The highest BCUT2D eigenvalue weighted by Gasteiger charge is 2.59. The molecule has 0 spiro atoms. The molecule has 5 heteroatoms. The van der Waals surface area contributed by atoms with E-state index in [4.69, 9.17) is 4.74 Å². The highest BCUT2D eigenvalue weighted by atomic mass is 32.2. The van der Waals surface area contributed by atoms with Crippen molar-refractivity contribution < 1.29 is 14.6 Å². The predicted molar refractivity (Wildman–Crippen MR) is 119 cm³/mol. The first-order chi connectivity index (χ1) is 13.8. The molecule has 0 bridgehead atoms. The van der Waals surface area contributed by atoms with Gasteiger partial charge >= 0.3 is 6.09 Å². The number of hydrogen-bond donors (Lipinski definition) is 1. The third-order valence-corrected chi connectivity index (χ3v) is 6.69. The lowest BCUT2D eigenvalue weighted by Gasteiger charge is -2.41. The van der Waals surface area contributed by atoms with E-state index in [1.165, 1.54) is 11.8 Å². The van der Waals surface area contributed by atoms with Gasteiger partial charge in [-0.2, -0.15) is 0 Å². The highest BCUT2D eigenvalue weighted by molar-refractivity contribution is 7.99. The van der Waals surface area contributed by atoms with Gasteiger partial charge in [-0.3, -0.25) is 4.90 Å². The Morgan fingerprint density at radius 1 is 0.966 bits per heavy atom. The summed E-state index contributed by atoms with van der Waals surface area (Å²) in [5, 5.41) is 10.5. The number of thioether (sulfide) groups is 1. The van der Waals surface area contributed by atoms with Crippen molar-refractivity contribution in [2.45, 2.75) is 50.8 Å². The quantitative estimate of drug-likeness (QED) is 0.685. The van der Waals surface area contributed by atoms with Crippen LogP contribution in [0, 0.1) is 11.8 Å². The molecule has 0 radical (unpaired) electrons. The lowest BCUT2D eigenvalue weighted by molar-refractivity contribution is 0.0391. The highest BCUT2D eigenvalue weighted by Crippen LogP contribution is 2.49. The van der Waals surface area contributed by atoms with E-state index in [1.807, 2.05) is 80.8 Å². The molecule has 1 N–H and O–H groups in total. The lowest BCUT2D eigenvalue weighted by Crippen LogP contribution is -2.54. The molecule has 0 saturated carbocycles. The molecule has 1 amide bonds. The summed E-state index contributed by atoms with van der Waals surface area (Å²) < 4.78 is 6.28. The van der Waals surface area contributed by atoms with Gasteiger partial charge in [0.15, 0.2) is 5.60 Å². The summed E-state index contributed by atoms with van der Waals surface area (Å²) in [5.74, 6) is 0.132. The van der Waals surface area contributed by atoms with Crippen LogP contribution in [0.5, 0.6) is 0 Å². The van der Waals surface area contributed by atoms with Crippen molar-refractivity contribution in [1.29, 1.82) is 0 Å². The Morgan fingerprint density at radius 3 is 1.83 bits per heavy atom. The number of carbonyl (C=O) groups excluding carboxylic acids is 1. The van der Waals surface area contributed by atoms with Gasteiger partial charge < -0.3 is 9.84 Å². The van der Waals surface area contributed by atoms with E-state index in [-0.39, 0.29) is 29.3 Å². The summed E-state index contributed by atoms with van der Waals surface area (Å²) in [4.78, 5) is 15.1. The molecule has 156 valence electrons. The molecule has 29 heavy (non-hydrogen) atoms. The van der Waals surface area contributed by atoms with Gasteiger partial charge in [0.25, 0.3) is 0 Å². The molecule has 2 aromatic rings. The van der Waals surface area contributed by atoms with Gasteiger partial charge in [-0.05, 0) is 18.1 Å². The molecular formula is C24H31NO3S. The first-order valence-electron chi connectivity index (χ1n) is 10.2. The van der Waals surface area contributed by atoms with Crippen LogP contribution in [-0.2, 0) is 10.3 Å². The van der Waals surface area contributed by atoms with E-state index in [0.29, 0.717) is 0 Å². The summed E-state index contributed by atoms with van der Waals surface area (Å²) in [5.41, 5.74) is 0.956. The average molecular weight is 414 g/mol. The van der Waals surface area contributed by atoms with E-state index in [9.17, 15) is 9.90 Å². The van der Waals surface area contributed by atoms with Crippen LogP contribution >= 0.6 is 11.8 Å².